The zero-order valence-corrected chi connectivity index (χ0v) is 10.2. The number of carboxylic acids is 1. The third-order valence-electron chi connectivity index (χ3n) is 4.03. The highest BCUT2D eigenvalue weighted by molar-refractivity contribution is 5.83. The predicted octanol–water partition coefficient (Wildman–Crippen LogP) is 0.356. The van der Waals surface area contributed by atoms with E-state index < -0.39 is 5.97 Å². The third kappa shape index (κ3) is 2.60. The summed E-state index contributed by atoms with van der Waals surface area (Å²) in [4.78, 5) is 22.9. The Balaban J connectivity index is 1.86. The molecule has 5 nitrogen and oxygen atoms in total. The zero-order valence-electron chi connectivity index (χ0n) is 10.2. The van der Waals surface area contributed by atoms with Crippen molar-refractivity contribution < 1.29 is 14.7 Å². The number of nitrogens with one attached hydrogen (secondary N) is 2. The van der Waals surface area contributed by atoms with E-state index in [-0.39, 0.29) is 23.3 Å². The van der Waals surface area contributed by atoms with Gasteiger partial charge in [0.1, 0.15) is 0 Å². The highest BCUT2D eigenvalue weighted by Crippen LogP contribution is 2.29. The topological polar surface area (TPSA) is 78.4 Å². The molecule has 1 saturated carbocycles. The lowest BCUT2D eigenvalue weighted by Crippen LogP contribution is -2.44. The SMILES string of the molecule is CC1(C(=O)NC2CCC(C(=O)O)C2)CCNC1. The molecule has 1 amide bonds. The van der Waals surface area contributed by atoms with Crippen LogP contribution in [-0.2, 0) is 9.59 Å². The molecular formula is C12H20N2O3. The van der Waals surface area contributed by atoms with Crippen molar-refractivity contribution in [3.05, 3.63) is 0 Å². The molecule has 2 aliphatic rings. The Hall–Kier alpha value is -1.10. The lowest BCUT2D eigenvalue weighted by Gasteiger charge is -2.24. The fourth-order valence-electron chi connectivity index (χ4n) is 2.71. The minimum absolute atomic E-state index is 0.0426. The average molecular weight is 240 g/mol. The van der Waals surface area contributed by atoms with Gasteiger partial charge in [-0.15, -0.1) is 0 Å². The normalized spacial score (nSPS) is 37.0. The summed E-state index contributed by atoms with van der Waals surface area (Å²) >= 11 is 0. The van der Waals surface area contributed by atoms with E-state index in [1.165, 1.54) is 0 Å². The first kappa shape index (κ1) is 12.4. The van der Waals surface area contributed by atoms with Gasteiger partial charge >= 0.3 is 5.97 Å². The van der Waals surface area contributed by atoms with Crippen LogP contribution in [0.3, 0.4) is 0 Å². The summed E-state index contributed by atoms with van der Waals surface area (Å²) in [5.74, 6) is -0.955. The first-order chi connectivity index (χ1) is 8.01. The molecular weight excluding hydrogens is 220 g/mol. The Morgan fingerprint density at radius 3 is 2.71 bits per heavy atom. The molecule has 0 aromatic carbocycles. The van der Waals surface area contributed by atoms with Crippen LogP contribution in [0.4, 0.5) is 0 Å². The molecule has 1 aliphatic carbocycles. The molecule has 17 heavy (non-hydrogen) atoms. The van der Waals surface area contributed by atoms with Crippen molar-refractivity contribution >= 4 is 11.9 Å². The van der Waals surface area contributed by atoms with Crippen LogP contribution in [0.15, 0.2) is 0 Å². The summed E-state index contributed by atoms with van der Waals surface area (Å²) in [6.07, 6.45) is 2.89. The van der Waals surface area contributed by atoms with Crippen LogP contribution in [-0.4, -0.2) is 36.1 Å². The smallest absolute Gasteiger partial charge is 0.306 e. The summed E-state index contributed by atoms with van der Waals surface area (Å²) in [5.41, 5.74) is -0.318. The number of carboxylic acid groups (broad SMARTS) is 1. The van der Waals surface area contributed by atoms with Crippen molar-refractivity contribution in [1.29, 1.82) is 0 Å². The highest BCUT2D eigenvalue weighted by Gasteiger charge is 2.39. The Morgan fingerprint density at radius 1 is 1.41 bits per heavy atom. The van der Waals surface area contributed by atoms with Gasteiger partial charge in [0.15, 0.2) is 0 Å². The van der Waals surface area contributed by atoms with Crippen molar-refractivity contribution in [2.45, 2.75) is 38.6 Å². The van der Waals surface area contributed by atoms with E-state index in [1.54, 1.807) is 0 Å². The predicted molar refractivity (Wildman–Crippen MR) is 62.5 cm³/mol. The average Bonchev–Trinajstić information content (AvgIpc) is 2.88. The molecule has 1 aliphatic heterocycles. The van der Waals surface area contributed by atoms with Crippen LogP contribution in [0.2, 0.25) is 0 Å². The first-order valence-corrected chi connectivity index (χ1v) is 6.26. The number of aliphatic carboxylic acids is 1. The maximum absolute atomic E-state index is 12.1. The minimum atomic E-state index is -0.740. The number of carbonyl (C=O) groups excluding carboxylic acids is 1. The van der Waals surface area contributed by atoms with Crippen LogP contribution in [0.25, 0.3) is 0 Å². The van der Waals surface area contributed by atoms with E-state index in [9.17, 15) is 9.59 Å². The fourth-order valence-corrected chi connectivity index (χ4v) is 2.71. The summed E-state index contributed by atoms with van der Waals surface area (Å²) in [6.45, 7) is 3.56. The van der Waals surface area contributed by atoms with Crippen molar-refractivity contribution in [3.8, 4) is 0 Å². The van der Waals surface area contributed by atoms with Gasteiger partial charge in [-0.05, 0) is 39.2 Å². The van der Waals surface area contributed by atoms with Crippen LogP contribution >= 0.6 is 0 Å². The number of hydrogen-bond donors (Lipinski definition) is 3. The highest BCUT2D eigenvalue weighted by atomic mass is 16.4. The molecule has 96 valence electrons. The quantitative estimate of drug-likeness (QED) is 0.665. The first-order valence-electron chi connectivity index (χ1n) is 6.26. The van der Waals surface area contributed by atoms with E-state index in [0.29, 0.717) is 19.4 Å². The van der Waals surface area contributed by atoms with Gasteiger partial charge in [0.2, 0.25) is 5.91 Å². The van der Waals surface area contributed by atoms with Gasteiger partial charge in [-0.25, -0.2) is 0 Å². The Morgan fingerprint density at radius 2 is 2.18 bits per heavy atom. The second-order valence-corrected chi connectivity index (χ2v) is 5.51. The molecule has 0 bridgehead atoms. The third-order valence-corrected chi connectivity index (χ3v) is 4.03. The Bertz CT molecular complexity index is 324. The van der Waals surface area contributed by atoms with E-state index >= 15 is 0 Å². The van der Waals surface area contributed by atoms with Crippen LogP contribution in [0.1, 0.15) is 32.6 Å². The number of rotatable bonds is 3. The molecule has 0 spiro atoms. The monoisotopic (exact) mass is 240 g/mol. The lowest BCUT2D eigenvalue weighted by atomic mass is 9.88. The van der Waals surface area contributed by atoms with E-state index in [1.807, 2.05) is 6.92 Å². The molecule has 0 aromatic heterocycles. The molecule has 3 atom stereocenters. The summed E-state index contributed by atoms with van der Waals surface area (Å²) in [6, 6.07) is 0.0426. The van der Waals surface area contributed by atoms with Gasteiger partial charge < -0.3 is 15.7 Å². The number of hydrogen-bond acceptors (Lipinski definition) is 3. The molecule has 1 saturated heterocycles. The summed E-state index contributed by atoms with van der Waals surface area (Å²) in [5, 5.41) is 15.1. The minimum Gasteiger partial charge on any atom is -0.481 e. The molecule has 5 heteroatoms. The zero-order chi connectivity index (χ0) is 12.5. The van der Waals surface area contributed by atoms with Crippen LogP contribution in [0.5, 0.6) is 0 Å². The standard InChI is InChI=1S/C12H20N2O3/c1-12(4-5-13-7-12)11(17)14-9-3-2-8(6-9)10(15)16/h8-9,13H,2-7H2,1H3,(H,14,17)(H,15,16). The maximum atomic E-state index is 12.1. The Kier molecular flexibility index (Phi) is 3.38. The second kappa shape index (κ2) is 4.64. The van der Waals surface area contributed by atoms with Gasteiger partial charge in [-0.3, -0.25) is 9.59 Å². The van der Waals surface area contributed by atoms with Crippen molar-refractivity contribution in [2.24, 2.45) is 11.3 Å². The van der Waals surface area contributed by atoms with Crippen LogP contribution in [0, 0.1) is 11.3 Å². The van der Waals surface area contributed by atoms with Gasteiger partial charge in [-0.1, -0.05) is 0 Å². The number of amides is 1. The van der Waals surface area contributed by atoms with Gasteiger partial charge in [0.05, 0.1) is 11.3 Å². The van der Waals surface area contributed by atoms with E-state index in [0.717, 1.165) is 19.4 Å². The maximum Gasteiger partial charge on any atom is 0.306 e. The fraction of sp³-hybridized carbons (Fsp3) is 0.833. The molecule has 3 unspecified atom stereocenters. The number of carbonyl (C=O) groups is 2. The van der Waals surface area contributed by atoms with Crippen LogP contribution < -0.4 is 10.6 Å². The van der Waals surface area contributed by atoms with E-state index in [4.69, 9.17) is 5.11 Å². The second-order valence-electron chi connectivity index (χ2n) is 5.51. The van der Waals surface area contributed by atoms with Crippen molar-refractivity contribution in [3.63, 3.8) is 0 Å². The van der Waals surface area contributed by atoms with E-state index in [2.05, 4.69) is 10.6 Å². The van der Waals surface area contributed by atoms with Gasteiger partial charge in [0.25, 0.3) is 0 Å². The Labute approximate surface area is 101 Å². The molecule has 2 fully saturated rings. The van der Waals surface area contributed by atoms with Gasteiger partial charge in [0, 0.05) is 12.6 Å². The van der Waals surface area contributed by atoms with Gasteiger partial charge in [-0.2, -0.15) is 0 Å². The molecule has 0 radical (unpaired) electrons. The molecule has 1 heterocycles. The van der Waals surface area contributed by atoms with Crippen molar-refractivity contribution in [2.75, 3.05) is 13.1 Å². The van der Waals surface area contributed by atoms with Crippen molar-refractivity contribution in [1.82, 2.24) is 10.6 Å². The summed E-state index contributed by atoms with van der Waals surface area (Å²) < 4.78 is 0. The molecule has 3 N–H and O–H groups in total. The molecule has 0 aromatic rings. The summed E-state index contributed by atoms with van der Waals surface area (Å²) in [7, 11) is 0. The lowest BCUT2D eigenvalue weighted by molar-refractivity contribution is -0.141. The largest absolute Gasteiger partial charge is 0.481 e. The molecule has 2 rings (SSSR count).